The number of carbonyl (C=O) groups is 1. The van der Waals surface area contributed by atoms with Gasteiger partial charge in [-0.1, -0.05) is 35.9 Å². The number of pyridine rings is 1. The van der Waals surface area contributed by atoms with E-state index in [1.165, 1.54) is 16.8 Å². The van der Waals surface area contributed by atoms with Crippen LogP contribution in [0, 0.1) is 12.7 Å². The summed E-state index contributed by atoms with van der Waals surface area (Å²) in [5.41, 5.74) is 3.93. The molecular formula is C24H18ClFN6O. The van der Waals surface area contributed by atoms with Crippen molar-refractivity contribution in [2.45, 2.75) is 13.5 Å². The highest BCUT2D eigenvalue weighted by atomic mass is 35.5. The molecule has 0 radical (unpaired) electrons. The summed E-state index contributed by atoms with van der Waals surface area (Å²) < 4.78 is 16.5. The number of aromatic nitrogens is 5. The number of halogens is 2. The fourth-order valence-corrected chi connectivity index (χ4v) is 3.94. The van der Waals surface area contributed by atoms with Gasteiger partial charge in [0.15, 0.2) is 0 Å². The molecule has 3 heterocycles. The molecule has 0 spiro atoms. The van der Waals surface area contributed by atoms with Crippen LogP contribution in [0.1, 0.15) is 21.6 Å². The highest BCUT2D eigenvalue weighted by Gasteiger charge is 2.21. The molecule has 1 N–H and O–H groups in total. The zero-order valence-electron chi connectivity index (χ0n) is 17.5. The summed E-state index contributed by atoms with van der Waals surface area (Å²) in [6.07, 6.45) is 3.29. The van der Waals surface area contributed by atoms with Gasteiger partial charge < -0.3 is 5.32 Å². The van der Waals surface area contributed by atoms with E-state index in [1.54, 1.807) is 43.7 Å². The van der Waals surface area contributed by atoms with Gasteiger partial charge in [0.1, 0.15) is 23.1 Å². The number of fused-ring (bicyclic) bond motifs is 1. The van der Waals surface area contributed by atoms with E-state index in [2.05, 4.69) is 20.4 Å². The van der Waals surface area contributed by atoms with Crippen LogP contribution in [-0.2, 0) is 6.54 Å². The second-order valence-electron chi connectivity index (χ2n) is 7.50. The molecule has 0 bridgehead atoms. The minimum absolute atomic E-state index is 0.212. The molecule has 0 aliphatic heterocycles. The number of hydrogen-bond donors (Lipinski definition) is 1. The molecule has 0 fully saturated rings. The molecule has 0 aliphatic carbocycles. The van der Waals surface area contributed by atoms with Crippen LogP contribution in [0.2, 0.25) is 5.15 Å². The van der Waals surface area contributed by atoms with Crippen LogP contribution in [0.5, 0.6) is 0 Å². The van der Waals surface area contributed by atoms with Gasteiger partial charge in [-0.3, -0.25) is 9.36 Å². The molecule has 164 valence electrons. The lowest BCUT2D eigenvalue weighted by atomic mass is 10.2. The molecule has 0 atom stereocenters. The highest BCUT2D eigenvalue weighted by molar-refractivity contribution is 6.33. The van der Waals surface area contributed by atoms with Gasteiger partial charge in [0, 0.05) is 0 Å². The van der Waals surface area contributed by atoms with E-state index < -0.39 is 0 Å². The van der Waals surface area contributed by atoms with Crippen molar-refractivity contribution in [1.82, 2.24) is 24.3 Å². The standard InChI is InChI=1S/C24H18ClFN6O/c1-15-22(23(25)32(30-15)13-16-6-8-17(26)9-7-16)24(33)29-18-10-11-21(27-12-18)31-14-28-19-4-2-3-5-20(19)31/h2-12,14H,13H2,1H3,(H,29,33). The number of hydrogen-bond acceptors (Lipinski definition) is 4. The molecule has 9 heteroatoms. The predicted octanol–water partition coefficient (Wildman–Crippen LogP) is 5.02. The first-order valence-corrected chi connectivity index (χ1v) is 10.5. The summed E-state index contributed by atoms with van der Waals surface area (Å²) >= 11 is 6.46. The minimum atomic E-state index is -0.384. The van der Waals surface area contributed by atoms with Gasteiger partial charge in [0.2, 0.25) is 0 Å². The molecular weight excluding hydrogens is 443 g/mol. The Labute approximate surface area is 193 Å². The third-order valence-corrected chi connectivity index (χ3v) is 5.63. The third-order valence-electron chi connectivity index (χ3n) is 5.24. The number of nitrogens with one attached hydrogen (secondary N) is 1. The van der Waals surface area contributed by atoms with Gasteiger partial charge in [0.25, 0.3) is 5.91 Å². The van der Waals surface area contributed by atoms with Crippen molar-refractivity contribution in [3.05, 3.63) is 101 Å². The number of aryl methyl sites for hydroxylation is 1. The summed E-state index contributed by atoms with van der Waals surface area (Å²) in [5.74, 6) is -0.0177. The lowest BCUT2D eigenvalue weighted by Gasteiger charge is -2.08. The van der Waals surface area contributed by atoms with Crippen LogP contribution in [0.15, 0.2) is 73.2 Å². The largest absolute Gasteiger partial charge is 0.320 e. The number of nitrogens with zero attached hydrogens (tertiary/aromatic N) is 5. The van der Waals surface area contributed by atoms with Gasteiger partial charge in [-0.15, -0.1) is 0 Å². The van der Waals surface area contributed by atoms with Crippen molar-refractivity contribution in [1.29, 1.82) is 0 Å². The Morgan fingerprint density at radius 1 is 1.06 bits per heavy atom. The van der Waals surface area contributed by atoms with E-state index in [9.17, 15) is 9.18 Å². The Hall–Kier alpha value is -4.04. The lowest BCUT2D eigenvalue weighted by molar-refractivity contribution is 0.102. The Kier molecular flexibility index (Phi) is 5.35. The van der Waals surface area contributed by atoms with Crippen LogP contribution in [-0.4, -0.2) is 30.2 Å². The Balaban J connectivity index is 1.34. The average molecular weight is 461 g/mol. The molecule has 0 unspecified atom stereocenters. The topological polar surface area (TPSA) is 77.6 Å². The van der Waals surface area contributed by atoms with E-state index in [-0.39, 0.29) is 22.4 Å². The zero-order chi connectivity index (χ0) is 22.9. The molecule has 7 nitrogen and oxygen atoms in total. The Morgan fingerprint density at radius 2 is 1.85 bits per heavy atom. The molecule has 5 aromatic rings. The van der Waals surface area contributed by atoms with Crippen LogP contribution >= 0.6 is 11.6 Å². The maximum absolute atomic E-state index is 13.1. The number of carbonyl (C=O) groups excluding carboxylic acids is 1. The number of amides is 1. The van der Waals surface area contributed by atoms with Crippen LogP contribution in [0.4, 0.5) is 10.1 Å². The Bertz CT molecular complexity index is 1460. The summed E-state index contributed by atoms with van der Waals surface area (Å²) in [4.78, 5) is 21.7. The van der Waals surface area contributed by atoms with Crippen molar-refractivity contribution >= 4 is 34.2 Å². The van der Waals surface area contributed by atoms with Gasteiger partial charge in [-0.2, -0.15) is 5.10 Å². The maximum Gasteiger partial charge on any atom is 0.260 e. The molecule has 0 aliphatic rings. The highest BCUT2D eigenvalue weighted by Crippen LogP contribution is 2.23. The third kappa shape index (κ3) is 4.08. The monoisotopic (exact) mass is 460 g/mol. The quantitative estimate of drug-likeness (QED) is 0.399. The van der Waals surface area contributed by atoms with Crippen molar-refractivity contribution < 1.29 is 9.18 Å². The first kappa shape index (κ1) is 20.8. The van der Waals surface area contributed by atoms with Crippen LogP contribution in [0.25, 0.3) is 16.9 Å². The van der Waals surface area contributed by atoms with Crippen molar-refractivity contribution in [2.24, 2.45) is 0 Å². The number of benzene rings is 2. The second-order valence-corrected chi connectivity index (χ2v) is 7.86. The van der Waals surface area contributed by atoms with E-state index in [0.29, 0.717) is 23.7 Å². The predicted molar refractivity (Wildman–Crippen MR) is 124 cm³/mol. The lowest BCUT2D eigenvalue weighted by Crippen LogP contribution is -2.13. The number of para-hydroxylation sites is 2. The summed E-state index contributed by atoms with van der Waals surface area (Å²) in [6, 6.07) is 17.4. The summed E-state index contributed by atoms with van der Waals surface area (Å²) in [7, 11) is 0. The minimum Gasteiger partial charge on any atom is -0.320 e. The zero-order valence-corrected chi connectivity index (χ0v) is 18.3. The molecule has 2 aromatic carbocycles. The fourth-order valence-electron chi connectivity index (χ4n) is 3.62. The SMILES string of the molecule is Cc1nn(Cc2ccc(F)cc2)c(Cl)c1C(=O)Nc1ccc(-n2cnc3ccccc32)nc1. The molecule has 1 amide bonds. The molecule has 0 saturated heterocycles. The first-order chi connectivity index (χ1) is 16.0. The smallest absolute Gasteiger partial charge is 0.260 e. The summed E-state index contributed by atoms with van der Waals surface area (Å²) in [6.45, 7) is 2.04. The van der Waals surface area contributed by atoms with Gasteiger partial charge >= 0.3 is 0 Å². The number of imidazole rings is 1. The fraction of sp³-hybridized carbons (Fsp3) is 0.0833. The van der Waals surface area contributed by atoms with Gasteiger partial charge in [0.05, 0.1) is 40.7 Å². The Morgan fingerprint density at radius 3 is 2.61 bits per heavy atom. The maximum atomic E-state index is 13.1. The molecule has 0 saturated carbocycles. The molecule has 3 aromatic heterocycles. The number of anilines is 1. The second kappa shape index (κ2) is 8.48. The van der Waals surface area contributed by atoms with E-state index in [4.69, 9.17) is 11.6 Å². The van der Waals surface area contributed by atoms with Crippen molar-refractivity contribution in [3.8, 4) is 5.82 Å². The average Bonchev–Trinajstić information content (AvgIpc) is 3.36. The van der Waals surface area contributed by atoms with Gasteiger partial charge in [-0.05, 0) is 48.9 Å². The normalized spacial score (nSPS) is 11.1. The molecule has 33 heavy (non-hydrogen) atoms. The van der Waals surface area contributed by atoms with Gasteiger partial charge in [-0.25, -0.2) is 19.0 Å². The number of rotatable bonds is 5. The molecule has 5 rings (SSSR count). The van der Waals surface area contributed by atoms with Crippen LogP contribution in [0.3, 0.4) is 0 Å². The van der Waals surface area contributed by atoms with E-state index in [0.717, 1.165) is 16.6 Å². The van der Waals surface area contributed by atoms with E-state index in [1.807, 2.05) is 28.8 Å². The summed E-state index contributed by atoms with van der Waals surface area (Å²) in [5, 5.41) is 7.40. The van der Waals surface area contributed by atoms with Crippen molar-refractivity contribution in [3.63, 3.8) is 0 Å². The van der Waals surface area contributed by atoms with Crippen molar-refractivity contribution in [2.75, 3.05) is 5.32 Å². The first-order valence-electron chi connectivity index (χ1n) is 10.2. The van der Waals surface area contributed by atoms with Crippen LogP contribution < -0.4 is 5.32 Å². The van der Waals surface area contributed by atoms with E-state index >= 15 is 0 Å².